The molecular weight excluding hydrogens is 755 g/mol. The third-order valence-corrected chi connectivity index (χ3v) is 12.5. The zero-order valence-corrected chi connectivity index (χ0v) is 34.7. The Kier molecular flexibility index (Phi) is 12.0. The number of hydrogen-bond donors (Lipinski definition) is 3. The van der Waals surface area contributed by atoms with Gasteiger partial charge in [0.2, 0.25) is 6.79 Å². The fourth-order valence-corrected chi connectivity index (χ4v) is 10.4. The number of aromatic hydroxyl groups is 1. The van der Waals surface area contributed by atoms with Crippen LogP contribution < -0.4 is 33.7 Å². The Morgan fingerprint density at radius 1 is 1.00 bits per heavy atom. The first-order valence-electron chi connectivity index (χ1n) is 19.3. The van der Waals surface area contributed by atoms with E-state index in [2.05, 4.69) is 21.2 Å². The van der Waals surface area contributed by atoms with Crippen molar-refractivity contribution in [1.82, 2.24) is 15.1 Å². The number of hydrogen-bond acceptors (Lipinski definition) is 15. The molecule has 0 amide bonds. The lowest BCUT2D eigenvalue weighted by Gasteiger charge is -2.52. The first-order valence-corrected chi connectivity index (χ1v) is 20.6. The molecule has 4 aliphatic heterocycles. The molecule has 5 atom stereocenters. The van der Waals surface area contributed by atoms with Gasteiger partial charge in [0.05, 0.1) is 38.2 Å². The molecule has 14 nitrogen and oxygen atoms in total. The van der Waals surface area contributed by atoms with Crippen molar-refractivity contribution >= 4 is 23.7 Å². The molecule has 57 heavy (non-hydrogen) atoms. The smallest absolute Gasteiger partial charge is 0.327 e. The molecule has 0 bridgehead atoms. The van der Waals surface area contributed by atoms with E-state index in [0.717, 1.165) is 46.2 Å². The summed E-state index contributed by atoms with van der Waals surface area (Å²) in [5.74, 6) is 1.98. The topological polar surface area (TPSA) is 158 Å². The van der Waals surface area contributed by atoms with E-state index in [4.69, 9.17) is 33.2 Å². The van der Waals surface area contributed by atoms with Crippen molar-refractivity contribution in [3.63, 3.8) is 0 Å². The second kappa shape index (κ2) is 16.8. The van der Waals surface area contributed by atoms with Crippen molar-refractivity contribution in [1.29, 1.82) is 0 Å². The number of methoxy groups -OCH3 is 2. The van der Waals surface area contributed by atoms with Gasteiger partial charge < -0.3 is 53.6 Å². The minimum Gasteiger partial charge on any atom is -0.504 e. The molecule has 0 saturated carbocycles. The van der Waals surface area contributed by atoms with Crippen LogP contribution in [0, 0.1) is 13.8 Å². The van der Waals surface area contributed by atoms with Crippen LogP contribution >= 0.6 is 11.8 Å². The lowest BCUT2D eigenvalue weighted by atomic mass is 9.77. The predicted molar refractivity (Wildman–Crippen MR) is 213 cm³/mol. The number of esters is 2. The van der Waals surface area contributed by atoms with Gasteiger partial charge in [-0.1, -0.05) is 6.07 Å². The number of likely N-dealkylation sites (N-methyl/N-ethyl adjacent to an activating group) is 1. The lowest BCUT2D eigenvalue weighted by Crippen LogP contribution is -2.54. The largest absolute Gasteiger partial charge is 0.504 e. The summed E-state index contributed by atoms with van der Waals surface area (Å²) in [5, 5.41) is 23.5. The van der Waals surface area contributed by atoms with Gasteiger partial charge in [-0.05, 0) is 94.4 Å². The fraction of sp³-hybridized carbons (Fsp3) is 0.524. The summed E-state index contributed by atoms with van der Waals surface area (Å²) in [6.45, 7) is 6.26. The summed E-state index contributed by atoms with van der Waals surface area (Å²) in [7, 11) is 7.17. The first-order chi connectivity index (χ1) is 27.4. The standard InChI is InChI=1S/C42H53N3O11S/c1-21-16-25-10-9-13-45-27(19-53-42(49)33-26-18-29(50-6)28(48)17-24(26)11-12-43-33)31-32(37(56-23(3)47)22(2)38-40(31)55-20-54-38)41(57-8)35(45)34(44(4)5)30(25)39(36(21)51-7)52-15-14-46/h16-18,27,33-35,41,43,46,48H,9-15,19-20H2,1-8H3/t27-,33?,34+,35?,41?/m0/s1. The molecule has 0 aromatic heterocycles. The van der Waals surface area contributed by atoms with Gasteiger partial charge in [0.15, 0.2) is 34.5 Å². The number of nitrogens with zero attached hydrogens (tertiary/aromatic N) is 2. The van der Waals surface area contributed by atoms with Gasteiger partial charge in [0.1, 0.15) is 25.0 Å². The predicted octanol–water partition coefficient (Wildman–Crippen LogP) is 4.86. The molecule has 0 spiro atoms. The number of carbonyl (C=O) groups is 2. The Balaban J connectivity index is 1.42. The summed E-state index contributed by atoms with van der Waals surface area (Å²) in [4.78, 5) is 31.8. The molecule has 3 aromatic rings. The number of nitrogens with one attached hydrogen (secondary N) is 1. The van der Waals surface area contributed by atoms with E-state index in [1.807, 2.05) is 34.2 Å². The average molecular weight is 808 g/mol. The van der Waals surface area contributed by atoms with E-state index in [-0.39, 0.29) is 55.4 Å². The number of phenolic OH excluding ortho intramolecular Hbond substituents is 1. The van der Waals surface area contributed by atoms with Crippen molar-refractivity contribution < 1.29 is 53.0 Å². The summed E-state index contributed by atoms with van der Waals surface area (Å²) in [6, 6.07) is 3.53. The van der Waals surface area contributed by atoms with Crippen LogP contribution in [0.15, 0.2) is 18.2 Å². The average Bonchev–Trinajstić information content (AvgIpc) is 3.67. The minimum absolute atomic E-state index is 0.0120. The molecule has 0 saturated heterocycles. The highest BCUT2D eigenvalue weighted by Gasteiger charge is 2.52. The normalized spacial score (nSPS) is 22.3. The van der Waals surface area contributed by atoms with Gasteiger partial charge in [-0.15, -0.1) is 0 Å². The minimum atomic E-state index is -0.795. The molecule has 7 rings (SSSR count). The Hall–Kier alpha value is -4.41. The van der Waals surface area contributed by atoms with Crippen molar-refractivity contribution in [2.75, 3.05) is 74.3 Å². The summed E-state index contributed by atoms with van der Waals surface area (Å²) in [5.41, 5.74) is 6.73. The molecule has 3 aromatic carbocycles. The van der Waals surface area contributed by atoms with Gasteiger partial charge in [0, 0.05) is 41.8 Å². The van der Waals surface area contributed by atoms with Gasteiger partial charge in [0.25, 0.3) is 0 Å². The molecule has 308 valence electrons. The van der Waals surface area contributed by atoms with E-state index in [9.17, 15) is 19.8 Å². The van der Waals surface area contributed by atoms with E-state index < -0.39 is 24.0 Å². The van der Waals surface area contributed by atoms with Gasteiger partial charge >= 0.3 is 11.9 Å². The lowest BCUT2D eigenvalue weighted by molar-refractivity contribution is -0.149. The number of phenols is 1. The van der Waals surface area contributed by atoms with Crippen LogP contribution in [-0.2, 0) is 27.2 Å². The monoisotopic (exact) mass is 807 g/mol. The van der Waals surface area contributed by atoms with Crippen molar-refractivity contribution in [2.24, 2.45) is 0 Å². The second-order valence-corrected chi connectivity index (χ2v) is 16.0. The van der Waals surface area contributed by atoms with Gasteiger partial charge in [-0.25, -0.2) is 4.79 Å². The number of carbonyl (C=O) groups excluding carboxylic acids is 2. The second-order valence-electron chi connectivity index (χ2n) is 15.0. The first kappa shape index (κ1) is 40.8. The number of aliphatic hydroxyl groups excluding tert-OH is 1. The Morgan fingerprint density at radius 3 is 2.46 bits per heavy atom. The molecule has 15 heteroatoms. The molecular formula is C42H53N3O11S. The summed E-state index contributed by atoms with van der Waals surface area (Å²) >= 11 is 1.65. The zero-order chi connectivity index (χ0) is 40.7. The maximum Gasteiger partial charge on any atom is 0.327 e. The number of aliphatic hydroxyl groups is 1. The Bertz CT molecular complexity index is 2040. The van der Waals surface area contributed by atoms with Crippen LogP contribution in [0.5, 0.6) is 40.2 Å². The number of thioether (sulfide) groups is 1. The van der Waals surface area contributed by atoms with Crippen LogP contribution in [0.3, 0.4) is 0 Å². The number of ether oxygens (including phenoxy) is 7. The van der Waals surface area contributed by atoms with Crippen LogP contribution in [0.25, 0.3) is 0 Å². The van der Waals surface area contributed by atoms with Gasteiger partial charge in [-0.2, -0.15) is 11.8 Å². The highest BCUT2D eigenvalue weighted by Crippen LogP contribution is 2.61. The molecule has 3 unspecified atom stereocenters. The number of fused-ring (bicyclic) bond motifs is 6. The molecule has 4 heterocycles. The van der Waals surface area contributed by atoms with Crippen LogP contribution in [0.4, 0.5) is 0 Å². The van der Waals surface area contributed by atoms with Crippen molar-refractivity contribution in [3.8, 4) is 40.2 Å². The number of benzene rings is 3. The Labute approximate surface area is 337 Å². The molecule has 4 aliphatic rings. The third kappa shape index (κ3) is 7.22. The maximum absolute atomic E-state index is 14.3. The van der Waals surface area contributed by atoms with Crippen molar-refractivity contribution in [3.05, 3.63) is 62.7 Å². The highest BCUT2D eigenvalue weighted by atomic mass is 32.2. The van der Waals surface area contributed by atoms with Crippen LogP contribution in [0.1, 0.15) is 81.2 Å². The maximum atomic E-state index is 14.3. The quantitative estimate of drug-likeness (QED) is 0.178. The number of aryl methyl sites for hydroxylation is 2. The van der Waals surface area contributed by atoms with E-state index >= 15 is 0 Å². The Morgan fingerprint density at radius 2 is 1.77 bits per heavy atom. The van der Waals surface area contributed by atoms with E-state index in [0.29, 0.717) is 59.4 Å². The van der Waals surface area contributed by atoms with Crippen LogP contribution in [-0.4, -0.2) is 112 Å². The molecule has 0 radical (unpaired) electrons. The van der Waals surface area contributed by atoms with Crippen LogP contribution in [0.2, 0.25) is 0 Å². The zero-order valence-electron chi connectivity index (χ0n) is 33.9. The fourth-order valence-electron chi connectivity index (χ4n) is 9.31. The van der Waals surface area contributed by atoms with Crippen molar-refractivity contribution in [2.45, 2.75) is 69.5 Å². The molecule has 0 fully saturated rings. The van der Waals surface area contributed by atoms with Gasteiger partial charge in [-0.3, -0.25) is 9.69 Å². The molecule has 3 N–H and O–H groups in total. The number of rotatable bonds is 11. The summed E-state index contributed by atoms with van der Waals surface area (Å²) in [6.07, 6.45) is 4.17. The SMILES string of the molecule is COc1cc2c(cc1O)CCNC2C(=O)OC[C@H]1c2c3c(c(C)c(OC(C)=O)c2C(SC)C2[C@H](N(C)C)c4c(cc(C)c(OC)c4OCCO)CCCN21)OCO3. The highest BCUT2D eigenvalue weighted by molar-refractivity contribution is 7.98. The van der Waals surface area contributed by atoms with E-state index in [1.54, 1.807) is 31.0 Å². The third-order valence-electron chi connectivity index (χ3n) is 11.5. The van der Waals surface area contributed by atoms with E-state index in [1.165, 1.54) is 14.0 Å². The molecule has 0 aliphatic carbocycles. The summed E-state index contributed by atoms with van der Waals surface area (Å²) < 4.78 is 42.6.